The van der Waals surface area contributed by atoms with Crippen LogP contribution in [0.1, 0.15) is 27.2 Å². The molecule has 0 aliphatic carbocycles. The predicted molar refractivity (Wildman–Crippen MR) is 46.3 cm³/mol. The van der Waals surface area contributed by atoms with E-state index in [9.17, 15) is 0 Å². The largest absolute Gasteiger partial charge is 0.319 e. The van der Waals surface area contributed by atoms with Crippen LogP contribution in [0.15, 0.2) is 11.1 Å². The molecule has 0 saturated heterocycles. The van der Waals surface area contributed by atoms with Crippen molar-refractivity contribution in [3.63, 3.8) is 0 Å². The molecule has 0 saturated carbocycles. The van der Waals surface area contributed by atoms with Crippen molar-refractivity contribution in [1.82, 2.24) is 0 Å². The number of hydrogen-bond donors (Lipinski definition) is 0. The minimum atomic E-state index is 1.12. The lowest BCUT2D eigenvalue weighted by Crippen LogP contribution is -1.99. The van der Waals surface area contributed by atoms with Gasteiger partial charge in [-0.3, -0.25) is 0 Å². The Bertz CT molecular complexity index is 154. The van der Waals surface area contributed by atoms with E-state index in [0.717, 1.165) is 6.42 Å². The van der Waals surface area contributed by atoms with Gasteiger partial charge in [-0.2, -0.15) is 5.57 Å². The molecule has 0 bridgehead atoms. The zero-order chi connectivity index (χ0) is 8.15. The number of nitrogens with zero attached hydrogens (tertiary/aromatic N) is 1. The molecule has 1 heteroatoms. The fourth-order valence-corrected chi connectivity index (χ4v) is 0.720. The molecular weight excluding hydrogens is 122 g/mol. The first-order valence-corrected chi connectivity index (χ1v) is 3.62. The van der Waals surface area contributed by atoms with Crippen LogP contribution in [-0.4, -0.2) is 18.3 Å². The molecule has 0 radical (unpaired) electrons. The highest BCUT2D eigenvalue weighted by Crippen LogP contribution is 2.08. The predicted octanol–water partition coefficient (Wildman–Crippen LogP) is 2.24. The lowest BCUT2D eigenvalue weighted by molar-refractivity contribution is -0.439. The second kappa shape index (κ2) is 4.15. The van der Waals surface area contributed by atoms with E-state index in [1.165, 1.54) is 11.1 Å². The Hall–Kier alpha value is -0.720. The van der Waals surface area contributed by atoms with Gasteiger partial charge in [-0.15, -0.1) is 0 Å². The molecule has 0 atom stereocenters. The highest BCUT2D eigenvalue weighted by Gasteiger charge is 1.90. The van der Waals surface area contributed by atoms with Crippen molar-refractivity contribution in [3.8, 4) is 0 Å². The molecule has 0 aliphatic rings. The Morgan fingerprint density at radius 2 is 2.00 bits per heavy atom. The second-order valence-electron chi connectivity index (χ2n) is 2.70. The Labute approximate surface area is 64.1 Å². The molecule has 10 heavy (non-hydrogen) atoms. The number of allylic oxidation sites excluding steroid dienone is 1. The summed E-state index contributed by atoms with van der Waals surface area (Å²) in [5.74, 6) is 0. The first kappa shape index (κ1) is 9.28. The van der Waals surface area contributed by atoms with Crippen LogP contribution in [0.25, 0.3) is 0 Å². The Balaban J connectivity index is 4.04. The third-order valence-corrected chi connectivity index (χ3v) is 1.62. The average Bonchev–Trinajstić information content (AvgIpc) is 1.85. The van der Waals surface area contributed by atoms with Crippen molar-refractivity contribution in [2.24, 2.45) is 0 Å². The number of hydrogen-bond acceptors (Lipinski definition) is 0. The van der Waals surface area contributed by atoms with E-state index in [1.54, 1.807) is 0 Å². The zero-order valence-corrected chi connectivity index (χ0v) is 7.44. The van der Waals surface area contributed by atoms with Crippen molar-refractivity contribution in [2.75, 3.05) is 7.05 Å². The van der Waals surface area contributed by atoms with Gasteiger partial charge in [0.1, 0.15) is 7.05 Å². The summed E-state index contributed by atoms with van der Waals surface area (Å²) < 4.78 is 1.83. The normalized spacial score (nSPS) is 12.4. The van der Waals surface area contributed by atoms with Gasteiger partial charge >= 0.3 is 0 Å². The van der Waals surface area contributed by atoms with E-state index < -0.39 is 0 Å². The molecule has 0 unspecified atom stereocenters. The molecule has 1 nitrogen and oxygen atoms in total. The molecule has 0 fully saturated rings. The highest BCUT2D eigenvalue weighted by molar-refractivity contribution is 5.19. The second-order valence-corrected chi connectivity index (χ2v) is 2.70. The van der Waals surface area contributed by atoms with Crippen LogP contribution in [0.4, 0.5) is 0 Å². The van der Waals surface area contributed by atoms with Crippen LogP contribution in [-0.2, 0) is 0 Å². The minimum absolute atomic E-state index is 1.12. The van der Waals surface area contributed by atoms with E-state index in [-0.39, 0.29) is 0 Å². The van der Waals surface area contributed by atoms with Gasteiger partial charge in [0.15, 0.2) is 0 Å². The monoisotopic (exact) mass is 139 g/mol. The van der Waals surface area contributed by atoms with E-state index in [4.69, 9.17) is 0 Å². The van der Waals surface area contributed by atoms with Gasteiger partial charge in [-0.1, -0.05) is 32.8 Å². The zero-order valence-electron chi connectivity index (χ0n) is 7.44. The van der Waals surface area contributed by atoms with Crippen LogP contribution >= 0.6 is 0 Å². The summed E-state index contributed by atoms with van der Waals surface area (Å²) in [6.45, 7) is 12.2. The van der Waals surface area contributed by atoms with E-state index in [0.29, 0.717) is 0 Å². The number of likely N-dealkylation sites (N-methyl/N-ethyl adjacent to an activating group) is 1. The summed E-state index contributed by atoms with van der Waals surface area (Å²) >= 11 is 0. The van der Waals surface area contributed by atoms with E-state index in [2.05, 4.69) is 27.5 Å². The molecule has 0 amide bonds. The maximum absolute atomic E-state index is 3.74. The summed E-state index contributed by atoms with van der Waals surface area (Å²) in [5, 5.41) is 0. The molecule has 0 aromatic heterocycles. The topological polar surface area (TPSA) is 3.01 Å². The van der Waals surface area contributed by atoms with Gasteiger partial charge < -0.3 is 4.58 Å². The molecule has 0 N–H and O–H groups in total. The third kappa shape index (κ3) is 3.33. The minimum Gasteiger partial charge on any atom is -0.319 e. The van der Waals surface area contributed by atoms with Crippen LogP contribution in [0, 0.1) is 6.54 Å². The quantitative estimate of drug-likeness (QED) is 0.320. The lowest BCUT2D eigenvalue weighted by atomic mass is 10.1. The van der Waals surface area contributed by atoms with Crippen LogP contribution < -0.4 is 0 Å². The van der Waals surface area contributed by atoms with Gasteiger partial charge in [0.25, 0.3) is 0 Å². The average molecular weight is 139 g/mol. The first-order chi connectivity index (χ1) is 4.57. The highest BCUT2D eigenvalue weighted by atomic mass is 14.9. The Morgan fingerprint density at radius 3 is 2.30 bits per heavy atom. The fraction of sp³-hybridized carbons (Fsp3) is 0.556. The maximum atomic E-state index is 3.74. The van der Waals surface area contributed by atoms with E-state index in [1.807, 2.05) is 18.2 Å². The summed E-state index contributed by atoms with van der Waals surface area (Å²) in [7, 11) is 1.94. The molecule has 0 spiro atoms. The van der Waals surface area contributed by atoms with Gasteiger partial charge in [-0.05, 0) is 0 Å². The van der Waals surface area contributed by atoms with Crippen molar-refractivity contribution >= 4 is 6.72 Å². The standard InChI is InChI=1S/C9H17N/c1-6-8(2)9(3)7-10(4)5/h7H,4,6H2,1-3,5H3/b9-8-. The summed E-state index contributed by atoms with van der Waals surface area (Å²) in [6, 6.07) is 0. The Kier molecular flexibility index (Phi) is 3.85. The van der Waals surface area contributed by atoms with Gasteiger partial charge in [-0.25, -0.2) is 0 Å². The smallest absolute Gasteiger partial charge is 0.114 e. The maximum Gasteiger partial charge on any atom is 0.114 e. The Morgan fingerprint density at radius 1 is 1.50 bits per heavy atom. The van der Waals surface area contributed by atoms with Crippen molar-refractivity contribution in [2.45, 2.75) is 27.2 Å². The third-order valence-electron chi connectivity index (χ3n) is 1.62. The fourth-order valence-electron chi connectivity index (χ4n) is 0.720. The van der Waals surface area contributed by atoms with Crippen molar-refractivity contribution < 1.29 is 4.58 Å². The van der Waals surface area contributed by atoms with Crippen LogP contribution in [0.2, 0.25) is 0 Å². The molecule has 0 aromatic carbocycles. The van der Waals surface area contributed by atoms with Crippen molar-refractivity contribution in [1.29, 1.82) is 0 Å². The van der Waals surface area contributed by atoms with Gasteiger partial charge in [0.2, 0.25) is 0 Å². The molecule has 58 valence electrons. The SMILES string of the molecule is C=[N+](C)[CH-]/C(C)=C(/C)CC. The molecule has 0 heterocycles. The summed E-state index contributed by atoms with van der Waals surface area (Å²) in [6.07, 6.45) is 1.12. The lowest BCUT2D eigenvalue weighted by Gasteiger charge is -2.08. The van der Waals surface area contributed by atoms with E-state index >= 15 is 0 Å². The van der Waals surface area contributed by atoms with Gasteiger partial charge in [0, 0.05) is 6.72 Å². The molecular formula is C9H17N. The molecule has 0 rings (SSSR count). The van der Waals surface area contributed by atoms with Crippen LogP contribution in [0.3, 0.4) is 0 Å². The van der Waals surface area contributed by atoms with Gasteiger partial charge in [0.05, 0.1) is 6.54 Å². The molecule has 0 aliphatic heterocycles. The molecule has 0 aromatic rings. The first-order valence-electron chi connectivity index (χ1n) is 3.62. The van der Waals surface area contributed by atoms with Crippen LogP contribution in [0.5, 0.6) is 0 Å². The summed E-state index contributed by atoms with van der Waals surface area (Å²) in [5.41, 5.74) is 2.75. The number of rotatable bonds is 3. The summed E-state index contributed by atoms with van der Waals surface area (Å²) in [4.78, 5) is 0. The van der Waals surface area contributed by atoms with Crippen molar-refractivity contribution in [3.05, 3.63) is 17.7 Å².